The van der Waals surface area contributed by atoms with Crippen LogP contribution in [0.15, 0.2) is 53.4 Å². The minimum atomic E-state index is -0.193. The normalized spacial score (nSPS) is 19.4. The first-order chi connectivity index (χ1) is 14.0. The number of carbonyl (C=O) groups excluding carboxylic acids is 2. The SMILES string of the molecule is Cc1ccc(C=C2SC(=O)N(CN3CCN(c4ccc(C)cc4)CC3)C2=O)cc1. The number of imide groups is 1. The lowest BCUT2D eigenvalue weighted by Gasteiger charge is -2.37. The van der Waals surface area contributed by atoms with E-state index in [9.17, 15) is 9.59 Å². The summed E-state index contributed by atoms with van der Waals surface area (Å²) in [5, 5.41) is -0.186. The lowest BCUT2D eigenvalue weighted by molar-refractivity contribution is -0.124. The van der Waals surface area contributed by atoms with E-state index < -0.39 is 0 Å². The number of anilines is 1. The Morgan fingerprint density at radius 1 is 0.862 bits per heavy atom. The van der Waals surface area contributed by atoms with E-state index >= 15 is 0 Å². The summed E-state index contributed by atoms with van der Waals surface area (Å²) in [6, 6.07) is 16.5. The highest BCUT2D eigenvalue weighted by Gasteiger charge is 2.36. The topological polar surface area (TPSA) is 43.9 Å². The summed E-state index contributed by atoms with van der Waals surface area (Å²) >= 11 is 1.03. The number of aryl methyl sites for hydroxylation is 2. The Morgan fingerprint density at radius 2 is 1.45 bits per heavy atom. The summed E-state index contributed by atoms with van der Waals surface area (Å²) in [4.78, 5) is 31.6. The van der Waals surface area contributed by atoms with E-state index in [4.69, 9.17) is 0 Å². The van der Waals surface area contributed by atoms with Crippen LogP contribution < -0.4 is 4.90 Å². The number of thioether (sulfide) groups is 1. The third kappa shape index (κ3) is 4.54. The molecular weight excluding hydrogens is 382 g/mol. The summed E-state index contributed by atoms with van der Waals surface area (Å²) in [7, 11) is 0. The van der Waals surface area contributed by atoms with E-state index in [0.29, 0.717) is 11.6 Å². The average Bonchev–Trinajstić information content (AvgIpc) is 2.98. The van der Waals surface area contributed by atoms with Crippen molar-refractivity contribution in [3.05, 3.63) is 70.1 Å². The maximum absolute atomic E-state index is 12.8. The Kier molecular flexibility index (Phi) is 5.74. The maximum atomic E-state index is 12.8. The van der Waals surface area contributed by atoms with Gasteiger partial charge in [-0.2, -0.15) is 0 Å². The standard InChI is InChI=1S/C23H25N3O2S/c1-17-3-7-19(8-4-17)15-21-22(27)26(23(28)29-21)16-24-11-13-25(14-12-24)20-9-5-18(2)6-10-20/h3-10,15H,11-14,16H2,1-2H3. The molecule has 0 atom stereocenters. The fourth-order valence-corrected chi connectivity index (χ4v) is 4.37. The number of piperazine rings is 1. The Balaban J connectivity index is 1.36. The summed E-state index contributed by atoms with van der Waals surface area (Å²) < 4.78 is 0. The summed E-state index contributed by atoms with van der Waals surface area (Å²) in [6.07, 6.45) is 1.81. The van der Waals surface area contributed by atoms with Crippen LogP contribution in [0.4, 0.5) is 10.5 Å². The van der Waals surface area contributed by atoms with Gasteiger partial charge in [-0.05, 0) is 49.4 Å². The van der Waals surface area contributed by atoms with E-state index in [2.05, 4.69) is 41.0 Å². The first-order valence-corrected chi connectivity index (χ1v) is 10.7. The molecule has 2 saturated heterocycles. The van der Waals surface area contributed by atoms with Gasteiger partial charge in [0.2, 0.25) is 0 Å². The van der Waals surface area contributed by atoms with Crippen LogP contribution in [-0.2, 0) is 4.79 Å². The number of hydrogen-bond acceptors (Lipinski definition) is 5. The number of benzene rings is 2. The molecule has 6 heteroatoms. The summed E-state index contributed by atoms with van der Waals surface area (Å²) in [5.41, 5.74) is 4.58. The molecule has 0 aromatic heterocycles. The van der Waals surface area contributed by atoms with Crippen molar-refractivity contribution < 1.29 is 9.59 Å². The van der Waals surface area contributed by atoms with Gasteiger partial charge in [-0.15, -0.1) is 0 Å². The fourth-order valence-electron chi connectivity index (χ4n) is 3.54. The van der Waals surface area contributed by atoms with Gasteiger partial charge in [-0.1, -0.05) is 47.5 Å². The molecule has 0 saturated carbocycles. The Labute approximate surface area is 176 Å². The molecule has 29 heavy (non-hydrogen) atoms. The number of rotatable bonds is 4. The lowest BCUT2D eigenvalue weighted by atomic mass is 10.1. The second kappa shape index (κ2) is 8.43. The van der Waals surface area contributed by atoms with E-state index in [1.807, 2.05) is 31.2 Å². The van der Waals surface area contributed by atoms with Crippen molar-refractivity contribution in [2.45, 2.75) is 13.8 Å². The van der Waals surface area contributed by atoms with E-state index in [1.54, 1.807) is 6.08 Å². The van der Waals surface area contributed by atoms with Crippen LogP contribution in [0.3, 0.4) is 0 Å². The van der Waals surface area contributed by atoms with Gasteiger partial charge in [-0.25, -0.2) is 0 Å². The van der Waals surface area contributed by atoms with Crippen molar-refractivity contribution >= 4 is 34.7 Å². The van der Waals surface area contributed by atoms with Gasteiger partial charge in [0, 0.05) is 31.9 Å². The molecule has 2 heterocycles. The first kappa shape index (κ1) is 19.7. The van der Waals surface area contributed by atoms with Crippen molar-refractivity contribution in [3.8, 4) is 0 Å². The second-order valence-corrected chi connectivity index (χ2v) is 8.60. The van der Waals surface area contributed by atoms with Gasteiger partial charge >= 0.3 is 0 Å². The molecule has 0 radical (unpaired) electrons. The molecule has 150 valence electrons. The predicted octanol–water partition coefficient (Wildman–Crippen LogP) is 4.12. The Hall–Kier alpha value is -2.57. The summed E-state index contributed by atoms with van der Waals surface area (Å²) in [5.74, 6) is -0.193. The monoisotopic (exact) mass is 407 g/mol. The quantitative estimate of drug-likeness (QED) is 0.714. The maximum Gasteiger partial charge on any atom is 0.294 e. The highest BCUT2D eigenvalue weighted by molar-refractivity contribution is 8.18. The molecule has 2 aliphatic rings. The molecule has 4 rings (SSSR count). The minimum absolute atomic E-state index is 0.186. The molecule has 0 N–H and O–H groups in total. The van der Waals surface area contributed by atoms with Crippen LogP contribution in [0.1, 0.15) is 16.7 Å². The van der Waals surface area contributed by atoms with Crippen LogP contribution >= 0.6 is 11.8 Å². The first-order valence-electron chi connectivity index (χ1n) is 9.85. The van der Waals surface area contributed by atoms with Gasteiger partial charge in [-0.3, -0.25) is 19.4 Å². The zero-order chi connectivity index (χ0) is 20.4. The minimum Gasteiger partial charge on any atom is -0.369 e. The lowest BCUT2D eigenvalue weighted by Crippen LogP contribution is -2.50. The average molecular weight is 408 g/mol. The molecule has 0 aliphatic carbocycles. The molecule has 2 fully saturated rings. The molecular formula is C23H25N3O2S. The second-order valence-electron chi connectivity index (χ2n) is 7.60. The Morgan fingerprint density at radius 3 is 2.07 bits per heavy atom. The summed E-state index contributed by atoms with van der Waals surface area (Å²) in [6.45, 7) is 7.90. The van der Waals surface area contributed by atoms with Crippen LogP contribution in [0, 0.1) is 13.8 Å². The zero-order valence-electron chi connectivity index (χ0n) is 16.8. The third-order valence-corrected chi connectivity index (χ3v) is 6.27. The van der Waals surface area contributed by atoms with E-state index in [1.165, 1.54) is 21.7 Å². The van der Waals surface area contributed by atoms with Crippen LogP contribution in [0.2, 0.25) is 0 Å². The number of nitrogens with zero attached hydrogens (tertiary/aromatic N) is 3. The van der Waals surface area contributed by atoms with Crippen molar-refractivity contribution in [3.63, 3.8) is 0 Å². The smallest absolute Gasteiger partial charge is 0.294 e. The van der Waals surface area contributed by atoms with Gasteiger partial charge in [0.05, 0.1) is 11.6 Å². The van der Waals surface area contributed by atoms with Crippen molar-refractivity contribution in [2.75, 3.05) is 37.7 Å². The van der Waals surface area contributed by atoms with Crippen molar-refractivity contribution in [1.29, 1.82) is 0 Å². The number of hydrogen-bond donors (Lipinski definition) is 0. The van der Waals surface area contributed by atoms with Crippen LogP contribution in [0.25, 0.3) is 6.08 Å². The third-order valence-electron chi connectivity index (χ3n) is 5.36. The molecule has 2 amide bonds. The molecule has 2 aromatic carbocycles. The van der Waals surface area contributed by atoms with Gasteiger partial charge in [0.25, 0.3) is 11.1 Å². The Bertz CT molecular complexity index is 930. The van der Waals surface area contributed by atoms with Crippen molar-refractivity contribution in [2.24, 2.45) is 0 Å². The molecule has 2 aliphatic heterocycles. The highest BCUT2D eigenvalue weighted by atomic mass is 32.2. The fraction of sp³-hybridized carbons (Fsp3) is 0.304. The molecule has 2 aromatic rings. The zero-order valence-corrected chi connectivity index (χ0v) is 17.6. The van der Waals surface area contributed by atoms with Crippen LogP contribution in [-0.4, -0.2) is 53.8 Å². The number of carbonyl (C=O) groups is 2. The largest absolute Gasteiger partial charge is 0.369 e. The molecule has 0 bridgehead atoms. The van der Waals surface area contributed by atoms with Gasteiger partial charge in [0.1, 0.15) is 0 Å². The van der Waals surface area contributed by atoms with E-state index in [0.717, 1.165) is 43.5 Å². The molecule has 5 nitrogen and oxygen atoms in total. The molecule has 0 unspecified atom stereocenters. The van der Waals surface area contributed by atoms with Gasteiger partial charge in [0.15, 0.2) is 0 Å². The predicted molar refractivity (Wildman–Crippen MR) is 119 cm³/mol. The van der Waals surface area contributed by atoms with Crippen LogP contribution in [0.5, 0.6) is 0 Å². The van der Waals surface area contributed by atoms with Gasteiger partial charge < -0.3 is 4.90 Å². The molecule has 0 spiro atoms. The van der Waals surface area contributed by atoms with Crippen molar-refractivity contribution in [1.82, 2.24) is 9.80 Å². The highest BCUT2D eigenvalue weighted by Crippen LogP contribution is 2.32. The van der Waals surface area contributed by atoms with E-state index in [-0.39, 0.29) is 11.1 Å². The number of amides is 2.